The molecular weight excluding hydrogens is 743 g/mol. The number of carbonyl (C=O) groups is 4. The second kappa shape index (κ2) is 17.3. The quantitative estimate of drug-likeness (QED) is 0.120. The van der Waals surface area contributed by atoms with Gasteiger partial charge in [-0.25, -0.2) is 9.78 Å². The Labute approximate surface area is 338 Å². The lowest BCUT2D eigenvalue weighted by Crippen LogP contribution is -2.54. The SMILES string of the molecule is CCN(C)C(=O)[C@@H](NC(=O)CCC(=O)N1CCC(c2nnc(-c3cnc(Nc4ccc5c(c4)C(C)(C)OC5=O)nc3N[C@H](CO)c3ccccc3)o2)CC1)C(C)(C)C. The van der Waals surface area contributed by atoms with Crippen molar-refractivity contribution in [3.63, 3.8) is 0 Å². The number of carbonyl (C=O) groups excluding carboxylic acids is 4. The lowest BCUT2D eigenvalue weighted by atomic mass is 9.85. The molecule has 2 atom stereocenters. The number of nitrogens with zero attached hydrogens (tertiary/aromatic N) is 6. The van der Waals surface area contributed by atoms with Crippen molar-refractivity contribution in [2.24, 2.45) is 5.41 Å². The molecule has 0 spiro atoms. The van der Waals surface area contributed by atoms with Gasteiger partial charge >= 0.3 is 5.97 Å². The highest BCUT2D eigenvalue weighted by molar-refractivity contribution is 5.95. The van der Waals surface area contributed by atoms with Gasteiger partial charge in [0.05, 0.1) is 23.8 Å². The molecule has 0 saturated carbocycles. The average Bonchev–Trinajstić information content (AvgIpc) is 3.78. The highest BCUT2D eigenvalue weighted by atomic mass is 16.6. The zero-order chi connectivity index (χ0) is 41.8. The first-order valence-electron chi connectivity index (χ1n) is 19.7. The summed E-state index contributed by atoms with van der Waals surface area (Å²) in [6, 6.07) is 13.6. The first kappa shape index (κ1) is 41.7. The van der Waals surface area contributed by atoms with Crippen molar-refractivity contribution >= 4 is 41.1 Å². The first-order valence-corrected chi connectivity index (χ1v) is 19.7. The van der Waals surface area contributed by atoms with E-state index in [-0.39, 0.29) is 60.9 Å². The van der Waals surface area contributed by atoms with Crippen molar-refractivity contribution < 1.29 is 33.4 Å². The molecule has 2 aromatic heterocycles. The predicted octanol–water partition coefficient (Wildman–Crippen LogP) is 5.32. The summed E-state index contributed by atoms with van der Waals surface area (Å²) in [6.45, 7) is 12.5. The molecule has 2 aromatic carbocycles. The van der Waals surface area contributed by atoms with Crippen LogP contribution in [-0.4, -0.2) is 98.1 Å². The van der Waals surface area contributed by atoms with Gasteiger partial charge in [-0.3, -0.25) is 14.4 Å². The largest absolute Gasteiger partial charge is 0.451 e. The molecule has 16 heteroatoms. The van der Waals surface area contributed by atoms with E-state index in [1.54, 1.807) is 35.2 Å². The third-order valence-electron chi connectivity index (χ3n) is 10.7. The fourth-order valence-electron chi connectivity index (χ4n) is 7.08. The van der Waals surface area contributed by atoms with Gasteiger partial charge in [0.1, 0.15) is 17.5 Å². The highest BCUT2D eigenvalue weighted by Crippen LogP contribution is 2.38. The number of cyclic esters (lactones) is 1. The Balaban J connectivity index is 1.13. The highest BCUT2D eigenvalue weighted by Gasteiger charge is 2.38. The lowest BCUT2D eigenvalue weighted by molar-refractivity contribution is -0.139. The molecule has 0 bridgehead atoms. The third-order valence-corrected chi connectivity index (χ3v) is 10.7. The Bertz CT molecular complexity index is 2120. The fraction of sp³-hybridized carbons (Fsp3) is 0.476. The number of aromatic nitrogens is 4. The minimum atomic E-state index is -0.781. The van der Waals surface area contributed by atoms with Crippen LogP contribution in [0.25, 0.3) is 11.5 Å². The number of amides is 3. The van der Waals surface area contributed by atoms with Crippen LogP contribution in [0.4, 0.5) is 17.5 Å². The van der Waals surface area contributed by atoms with Gasteiger partial charge in [0, 0.05) is 62.9 Å². The van der Waals surface area contributed by atoms with Gasteiger partial charge in [0.2, 0.25) is 29.6 Å². The molecule has 0 radical (unpaired) electrons. The number of likely N-dealkylation sites (N-methyl/N-ethyl adjacent to an activating group) is 1. The molecule has 3 amide bonds. The van der Waals surface area contributed by atoms with Gasteiger partial charge in [0.15, 0.2) is 0 Å². The molecule has 0 unspecified atom stereocenters. The van der Waals surface area contributed by atoms with E-state index in [0.717, 1.165) is 11.1 Å². The molecule has 6 rings (SSSR count). The molecule has 4 N–H and O–H groups in total. The van der Waals surface area contributed by atoms with Crippen LogP contribution >= 0.6 is 0 Å². The molecule has 2 aliphatic rings. The van der Waals surface area contributed by atoms with Gasteiger partial charge in [-0.2, -0.15) is 4.98 Å². The van der Waals surface area contributed by atoms with E-state index in [1.807, 2.05) is 77.9 Å². The standard InChI is InChI=1S/C42H53N9O7/c1-8-50(7)38(55)34(41(2,3)4)46-32(53)16-17-33(54)51-20-18-26(19-21-51)36-48-49-37(57-36)29-23-43-40(47-35(29)45-31(24-52)25-12-10-9-11-13-25)44-27-14-15-28-30(22-27)42(5,6)58-39(28)56/h9-15,22-23,26,31,34,52H,8,16-21,24H2,1-7H3,(H,46,53)(H2,43,44,45,47)/t31-,34-/m1/s1. The molecular formula is C42H53N9O7. The Hall–Kier alpha value is -5.90. The van der Waals surface area contributed by atoms with E-state index in [1.165, 1.54) is 0 Å². The fourth-order valence-corrected chi connectivity index (χ4v) is 7.08. The lowest BCUT2D eigenvalue weighted by Gasteiger charge is -2.33. The van der Waals surface area contributed by atoms with E-state index in [4.69, 9.17) is 14.1 Å². The Morgan fingerprint density at radius 1 is 1.03 bits per heavy atom. The summed E-state index contributed by atoms with van der Waals surface area (Å²) in [5.41, 5.74) is 1.90. The number of nitrogens with one attached hydrogen (secondary N) is 3. The number of aliphatic hydroxyl groups is 1. The summed E-state index contributed by atoms with van der Waals surface area (Å²) < 4.78 is 11.8. The summed E-state index contributed by atoms with van der Waals surface area (Å²) >= 11 is 0. The Kier molecular flexibility index (Phi) is 12.4. The summed E-state index contributed by atoms with van der Waals surface area (Å²) in [5, 5.41) is 28.5. The molecule has 308 valence electrons. The Morgan fingerprint density at radius 2 is 1.76 bits per heavy atom. The number of piperidine rings is 1. The predicted molar refractivity (Wildman–Crippen MR) is 216 cm³/mol. The van der Waals surface area contributed by atoms with Crippen molar-refractivity contribution in [3.8, 4) is 11.5 Å². The van der Waals surface area contributed by atoms with Gasteiger partial charge in [-0.15, -0.1) is 10.2 Å². The van der Waals surface area contributed by atoms with Crippen molar-refractivity contribution in [2.75, 3.05) is 43.9 Å². The van der Waals surface area contributed by atoms with Crippen LogP contribution in [-0.2, 0) is 24.7 Å². The van der Waals surface area contributed by atoms with E-state index in [2.05, 4.69) is 31.1 Å². The minimum Gasteiger partial charge on any atom is -0.451 e. The monoisotopic (exact) mass is 795 g/mol. The molecule has 1 fully saturated rings. The smallest absolute Gasteiger partial charge is 0.339 e. The van der Waals surface area contributed by atoms with Crippen molar-refractivity contribution in [1.82, 2.24) is 35.3 Å². The maximum Gasteiger partial charge on any atom is 0.339 e. The summed E-state index contributed by atoms with van der Waals surface area (Å²) in [4.78, 5) is 63.9. The van der Waals surface area contributed by atoms with E-state index in [9.17, 15) is 24.3 Å². The summed E-state index contributed by atoms with van der Waals surface area (Å²) in [5.74, 6) is 0.0941. The number of rotatable bonds is 14. The Morgan fingerprint density at radius 3 is 2.43 bits per heavy atom. The zero-order valence-electron chi connectivity index (χ0n) is 34.2. The number of hydrogen-bond donors (Lipinski definition) is 4. The minimum absolute atomic E-state index is 0.0168. The van der Waals surface area contributed by atoms with Gasteiger partial charge in [-0.1, -0.05) is 51.1 Å². The summed E-state index contributed by atoms with van der Waals surface area (Å²) in [7, 11) is 1.70. The van der Waals surface area contributed by atoms with Crippen LogP contribution in [0.2, 0.25) is 0 Å². The number of aliphatic hydroxyl groups excluding tert-OH is 1. The first-order chi connectivity index (χ1) is 27.6. The molecule has 4 aromatic rings. The molecule has 0 aliphatic carbocycles. The number of likely N-dealkylation sites (tertiary alicyclic amines) is 1. The van der Waals surface area contributed by atoms with Gasteiger partial charge in [-0.05, 0) is 62.8 Å². The van der Waals surface area contributed by atoms with E-state index in [0.29, 0.717) is 61.0 Å². The molecule has 2 aliphatic heterocycles. The van der Waals surface area contributed by atoms with Crippen LogP contribution in [0.15, 0.2) is 59.1 Å². The molecule has 4 heterocycles. The second-order valence-corrected chi connectivity index (χ2v) is 16.4. The van der Waals surface area contributed by atoms with Crippen LogP contribution in [0, 0.1) is 5.41 Å². The van der Waals surface area contributed by atoms with Crippen molar-refractivity contribution in [3.05, 3.63) is 77.3 Å². The van der Waals surface area contributed by atoms with Crippen LogP contribution < -0.4 is 16.0 Å². The number of hydrogen-bond acceptors (Lipinski definition) is 13. The van der Waals surface area contributed by atoms with Crippen LogP contribution in [0.3, 0.4) is 0 Å². The molecule has 58 heavy (non-hydrogen) atoms. The molecule has 1 saturated heterocycles. The third kappa shape index (κ3) is 9.44. The number of ether oxygens (including phenoxy) is 1. The number of benzene rings is 2. The van der Waals surface area contributed by atoms with Crippen LogP contribution in [0.1, 0.15) is 107 Å². The van der Waals surface area contributed by atoms with Crippen LogP contribution in [0.5, 0.6) is 0 Å². The average molecular weight is 796 g/mol. The normalized spacial score (nSPS) is 16.2. The maximum absolute atomic E-state index is 13.1. The zero-order valence-corrected chi connectivity index (χ0v) is 34.2. The summed E-state index contributed by atoms with van der Waals surface area (Å²) in [6.07, 6.45) is 2.76. The number of fused-ring (bicyclic) bond motifs is 1. The number of anilines is 3. The number of esters is 1. The topological polar surface area (TPSA) is 205 Å². The van der Waals surface area contributed by atoms with Crippen molar-refractivity contribution in [1.29, 1.82) is 0 Å². The van der Waals surface area contributed by atoms with E-state index >= 15 is 0 Å². The van der Waals surface area contributed by atoms with Gasteiger partial charge < -0.3 is 40.0 Å². The molecule has 16 nitrogen and oxygen atoms in total. The van der Waals surface area contributed by atoms with E-state index < -0.39 is 23.1 Å². The van der Waals surface area contributed by atoms with Crippen molar-refractivity contribution in [2.45, 2.75) is 90.8 Å². The second-order valence-electron chi connectivity index (χ2n) is 16.4. The maximum atomic E-state index is 13.1. The van der Waals surface area contributed by atoms with Gasteiger partial charge in [0.25, 0.3) is 5.89 Å².